The fourth-order valence-corrected chi connectivity index (χ4v) is 4.62. The van der Waals surface area contributed by atoms with E-state index in [-0.39, 0.29) is 62.3 Å². The first-order chi connectivity index (χ1) is 22.6. The molecule has 0 saturated heterocycles. The molecule has 3 rings (SSSR count). The number of nitrogens with zero attached hydrogens (tertiary/aromatic N) is 4. The van der Waals surface area contributed by atoms with Gasteiger partial charge in [0.2, 0.25) is 0 Å². The van der Waals surface area contributed by atoms with Crippen LogP contribution in [0.2, 0.25) is 0 Å². The number of hydrogen-bond acceptors (Lipinski definition) is 11. The summed E-state index contributed by atoms with van der Waals surface area (Å²) in [6.45, 7) is -0.0510. The second-order valence-electron chi connectivity index (χ2n) is 10.9. The van der Waals surface area contributed by atoms with Crippen molar-refractivity contribution in [1.82, 2.24) is 34.6 Å². The van der Waals surface area contributed by atoms with Crippen molar-refractivity contribution in [2.24, 2.45) is 21.1 Å². The van der Waals surface area contributed by atoms with Gasteiger partial charge in [-0.25, -0.2) is 0 Å². The lowest BCUT2D eigenvalue weighted by Crippen LogP contribution is -2.48. The Morgan fingerprint density at radius 1 is 0.688 bits per heavy atom. The first-order valence-electron chi connectivity index (χ1n) is 14.6. The van der Waals surface area contributed by atoms with Crippen LogP contribution in [0.1, 0.15) is 43.9 Å². The Hall–Kier alpha value is -5.91. The highest BCUT2D eigenvalue weighted by molar-refractivity contribution is 5.97. The third kappa shape index (κ3) is 9.09. The number of nitrogens with one attached hydrogen (secondary N) is 3. The van der Waals surface area contributed by atoms with Gasteiger partial charge >= 0.3 is 5.97 Å². The van der Waals surface area contributed by atoms with E-state index in [2.05, 4.69) is 16.0 Å². The van der Waals surface area contributed by atoms with Crippen molar-refractivity contribution in [3.63, 3.8) is 0 Å². The highest BCUT2D eigenvalue weighted by atomic mass is 16.4. The average Bonchev–Trinajstić information content (AvgIpc) is 3.03. The smallest absolute Gasteiger partial charge is 0.303 e. The highest BCUT2D eigenvalue weighted by Crippen LogP contribution is 2.13. The number of aryl methyl sites for hydroxylation is 3. The normalized spacial score (nSPS) is 11.6. The topological polar surface area (TPSA) is 255 Å². The molecule has 0 aliphatic rings. The van der Waals surface area contributed by atoms with Crippen LogP contribution in [0.15, 0.2) is 51.2 Å². The van der Waals surface area contributed by atoms with Crippen LogP contribution in [0, 0.1) is 0 Å². The lowest BCUT2D eigenvalue weighted by Gasteiger charge is -2.28. The molecule has 0 fully saturated rings. The van der Waals surface area contributed by atoms with Gasteiger partial charge in [0.1, 0.15) is 0 Å². The van der Waals surface area contributed by atoms with Crippen molar-refractivity contribution in [3.8, 4) is 17.2 Å². The summed E-state index contributed by atoms with van der Waals surface area (Å²) >= 11 is 0. The van der Waals surface area contributed by atoms with Crippen molar-refractivity contribution >= 4 is 23.7 Å². The SMILES string of the molecule is Cn1ccc(C(=O)NCCN(CCNC(=O)c2ccn(C)c(=O)c2O)CC(CCC(=O)O)NC(=O)c2ccn(C)c(=O)c2O)c(O)c1=O. The number of aliphatic carboxylic acids is 1. The Balaban J connectivity index is 1.79. The Morgan fingerprint density at radius 3 is 1.44 bits per heavy atom. The third-order valence-corrected chi connectivity index (χ3v) is 7.41. The summed E-state index contributed by atoms with van der Waals surface area (Å²) in [6.07, 6.45) is 3.45. The molecule has 0 bridgehead atoms. The Labute approximate surface area is 272 Å². The molecule has 1 atom stereocenters. The standard InChI is InChI=1S/C30H37N7O11/c1-34-11-6-18(22(40)28(34)46)25(43)31-9-14-37(15-10-32-26(44)19-7-12-35(2)29(47)23(19)41)16-17(4-5-21(38)39)33-27(45)20-8-13-36(3)30(48)24(20)42/h6-8,11-13,17,40-42H,4-5,9-10,14-16H2,1-3H3,(H,31,43)(H,32,44)(H,33,45)(H,38,39). The van der Waals surface area contributed by atoms with Gasteiger partial charge in [0, 0.05) is 84.9 Å². The Morgan fingerprint density at radius 2 is 1.06 bits per heavy atom. The second kappa shape index (κ2) is 16.1. The van der Waals surface area contributed by atoms with Crippen LogP contribution in [0.25, 0.3) is 0 Å². The summed E-state index contributed by atoms with van der Waals surface area (Å²) in [5, 5.41) is 47.5. The number of aromatic nitrogens is 3. The van der Waals surface area contributed by atoms with Crippen LogP contribution in [0.5, 0.6) is 17.2 Å². The number of carboxylic acids is 1. The molecule has 0 saturated carbocycles. The molecule has 3 amide bonds. The van der Waals surface area contributed by atoms with Crippen LogP contribution in [-0.2, 0) is 25.9 Å². The monoisotopic (exact) mass is 671 g/mol. The summed E-state index contributed by atoms with van der Waals surface area (Å²) in [7, 11) is 4.18. The van der Waals surface area contributed by atoms with Gasteiger partial charge in [0.25, 0.3) is 34.4 Å². The van der Waals surface area contributed by atoms with Crippen LogP contribution in [0.4, 0.5) is 0 Å². The molecule has 0 aromatic carbocycles. The zero-order valence-corrected chi connectivity index (χ0v) is 26.4. The van der Waals surface area contributed by atoms with E-state index < -0.39 is 63.7 Å². The summed E-state index contributed by atoms with van der Waals surface area (Å²) in [4.78, 5) is 87.8. The van der Waals surface area contributed by atoms with Gasteiger partial charge in [-0.1, -0.05) is 0 Å². The molecule has 7 N–H and O–H groups in total. The molecule has 0 spiro atoms. The molecular weight excluding hydrogens is 634 g/mol. The van der Waals surface area contributed by atoms with Gasteiger partial charge in [-0.2, -0.15) is 0 Å². The van der Waals surface area contributed by atoms with Crippen molar-refractivity contribution in [1.29, 1.82) is 0 Å². The van der Waals surface area contributed by atoms with Gasteiger partial charge in [-0.05, 0) is 24.6 Å². The van der Waals surface area contributed by atoms with E-state index in [0.717, 1.165) is 13.7 Å². The van der Waals surface area contributed by atoms with Crippen molar-refractivity contribution in [2.45, 2.75) is 18.9 Å². The maximum atomic E-state index is 13.1. The van der Waals surface area contributed by atoms with Crippen molar-refractivity contribution < 1.29 is 39.6 Å². The van der Waals surface area contributed by atoms with Crippen LogP contribution in [-0.4, -0.2) is 101 Å². The number of pyridine rings is 3. The minimum Gasteiger partial charge on any atom is -0.502 e. The fraction of sp³-hybridized carbons (Fsp3) is 0.367. The molecule has 3 aromatic rings. The van der Waals surface area contributed by atoms with E-state index in [1.54, 1.807) is 4.90 Å². The maximum absolute atomic E-state index is 13.1. The highest BCUT2D eigenvalue weighted by Gasteiger charge is 2.23. The summed E-state index contributed by atoms with van der Waals surface area (Å²) in [6, 6.07) is 2.87. The van der Waals surface area contributed by atoms with E-state index in [1.807, 2.05) is 0 Å². The van der Waals surface area contributed by atoms with E-state index in [0.29, 0.717) is 0 Å². The second-order valence-corrected chi connectivity index (χ2v) is 10.9. The van der Waals surface area contributed by atoms with Gasteiger partial charge in [-0.3, -0.25) is 38.5 Å². The van der Waals surface area contributed by atoms with Crippen LogP contribution >= 0.6 is 0 Å². The molecule has 48 heavy (non-hydrogen) atoms. The maximum Gasteiger partial charge on any atom is 0.303 e. The third-order valence-electron chi connectivity index (χ3n) is 7.41. The van der Waals surface area contributed by atoms with E-state index >= 15 is 0 Å². The molecule has 3 aromatic heterocycles. The lowest BCUT2D eigenvalue weighted by atomic mass is 10.1. The Bertz CT molecular complexity index is 1800. The minimum absolute atomic E-state index is 0.0371. The van der Waals surface area contributed by atoms with Crippen molar-refractivity contribution in [3.05, 3.63) is 84.5 Å². The summed E-state index contributed by atoms with van der Waals surface area (Å²) in [5.41, 5.74) is -3.21. The van der Waals surface area contributed by atoms with E-state index in [1.165, 1.54) is 57.9 Å². The summed E-state index contributed by atoms with van der Waals surface area (Å²) in [5.74, 6) is -5.79. The molecule has 0 aliphatic heterocycles. The number of aromatic hydroxyl groups is 3. The van der Waals surface area contributed by atoms with Crippen LogP contribution < -0.4 is 32.6 Å². The quantitative estimate of drug-likeness (QED) is 0.0929. The van der Waals surface area contributed by atoms with Gasteiger partial charge in [-0.15, -0.1) is 0 Å². The van der Waals surface area contributed by atoms with Crippen LogP contribution in [0.3, 0.4) is 0 Å². The number of carbonyl (C=O) groups excluding carboxylic acids is 3. The molecular formula is C30H37N7O11. The average molecular weight is 672 g/mol. The molecule has 258 valence electrons. The van der Waals surface area contributed by atoms with Gasteiger partial charge in [0.05, 0.1) is 16.7 Å². The summed E-state index contributed by atoms with van der Waals surface area (Å²) < 4.78 is 3.25. The largest absolute Gasteiger partial charge is 0.502 e. The van der Waals surface area contributed by atoms with Gasteiger partial charge < -0.3 is 50.1 Å². The predicted octanol–water partition coefficient (Wildman–Crippen LogP) is -1.98. The first kappa shape index (κ1) is 36.6. The molecule has 1 unspecified atom stereocenters. The minimum atomic E-state index is -1.15. The molecule has 0 aliphatic carbocycles. The number of hydrogen-bond donors (Lipinski definition) is 7. The predicted molar refractivity (Wildman–Crippen MR) is 169 cm³/mol. The number of carboxylic acid groups (broad SMARTS) is 1. The van der Waals surface area contributed by atoms with Gasteiger partial charge in [0.15, 0.2) is 17.2 Å². The molecule has 3 heterocycles. The first-order valence-corrected chi connectivity index (χ1v) is 14.6. The van der Waals surface area contributed by atoms with Crippen molar-refractivity contribution in [2.75, 3.05) is 32.7 Å². The fourth-order valence-electron chi connectivity index (χ4n) is 4.62. The molecule has 18 heteroatoms. The molecule has 18 nitrogen and oxygen atoms in total. The number of rotatable bonds is 15. The van der Waals surface area contributed by atoms with E-state index in [9.17, 15) is 54.0 Å². The van der Waals surface area contributed by atoms with E-state index in [4.69, 9.17) is 0 Å². The number of carbonyl (C=O) groups is 4. The number of amides is 3. The Kier molecular flexibility index (Phi) is 12.2. The lowest BCUT2D eigenvalue weighted by molar-refractivity contribution is -0.137. The zero-order chi connectivity index (χ0) is 35.7. The molecule has 0 radical (unpaired) electrons. The zero-order valence-electron chi connectivity index (χ0n) is 26.4.